The molecular formula is C28H36N4O5. The second kappa shape index (κ2) is 11.6. The predicted octanol–water partition coefficient (Wildman–Crippen LogP) is 3.33. The van der Waals surface area contributed by atoms with Gasteiger partial charge < -0.3 is 29.1 Å². The van der Waals surface area contributed by atoms with Gasteiger partial charge in [0.2, 0.25) is 0 Å². The Morgan fingerprint density at radius 3 is 2.76 bits per heavy atom. The Morgan fingerprint density at radius 2 is 2.03 bits per heavy atom. The third-order valence-electron chi connectivity index (χ3n) is 7.36. The lowest BCUT2D eigenvalue weighted by Crippen LogP contribution is -2.39. The molecule has 1 aromatic carbocycles. The highest BCUT2D eigenvalue weighted by Gasteiger charge is 2.25. The summed E-state index contributed by atoms with van der Waals surface area (Å²) in [6, 6.07) is 7.80. The quantitative estimate of drug-likeness (QED) is 0.427. The van der Waals surface area contributed by atoms with Crippen LogP contribution in [0.5, 0.6) is 0 Å². The summed E-state index contributed by atoms with van der Waals surface area (Å²) in [4.78, 5) is 32.4. The van der Waals surface area contributed by atoms with Gasteiger partial charge in [-0.15, -0.1) is 0 Å². The van der Waals surface area contributed by atoms with Gasteiger partial charge in [0.15, 0.2) is 0 Å². The van der Waals surface area contributed by atoms with Gasteiger partial charge in [0, 0.05) is 50.0 Å². The molecule has 5 rings (SSSR count). The molecule has 2 atom stereocenters. The van der Waals surface area contributed by atoms with Gasteiger partial charge in [-0.05, 0) is 55.9 Å². The number of benzene rings is 1. The molecule has 0 bridgehead atoms. The number of carbonyl (C=O) groups excluding carboxylic acids is 1. The number of pyridine rings is 1. The van der Waals surface area contributed by atoms with Crippen molar-refractivity contribution < 1.29 is 19.0 Å². The van der Waals surface area contributed by atoms with Crippen LogP contribution in [0.4, 0.5) is 0 Å². The molecule has 2 unspecified atom stereocenters. The number of fused-ring (bicyclic) bond motifs is 1. The fraction of sp³-hybridized carbons (Fsp3) is 0.536. The molecule has 2 aliphatic heterocycles. The van der Waals surface area contributed by atoms with Gasteiger partial charge in [-0.3, -0.25) is 9.59 Å². The van der Waals surface area contributed by atoms with E-state index >= 15 is 0 Å². The summed E-state index contributed by atoms with van der Waals surface area (Å²) in [7, 11) is 0. The van der Waals surface area contributed by atoms with E-state index in [1.165, 1.54) is 0 Å². The zero-order valence-electron chi connectivity index (χ0n) is 21.6. The van der Waals surface area contributed by atoms with Crippen LogP contribution >= 0.6 is 0 Å². The number of aryl methyl sites for hydroxylation is 1. The van der Waals surface area contributed by atoms with E-state index in [0.29, 0.717) is 37.7 Å². The Bertz CT molecular complexity index is 1290. The lowest BCUT2D eigenvalue weighted by atomic mass is 10.00. The van der Waals surface area contributed by atoms with E-state index in [0.717, 1.165) is 67.0 Å². The first-order valence-corrected chi connectivity index (χ1v) is 13.3. The molecule has 37 heavy (non-hydrogen) atoms. The first kappa shape index (κ1) is 25.6. The molecule has 9 nitrogen and oxygen atoms in total. The topological polar surface area (TPSA) is 107 Å². The van der Waals surface area contributed by atoms with Gasteiger partial charge in [0.1, 0.15) is 18.0 Å². The second-order valence-corrected chi connectivity index (χ2v) is 10.1. The molecule has 198 valence electrons. The maximum absolute atomic E-state index is 12.6. The average molecular weight is 509 g/mol. The molecule has 2 aliphatic rings. The normalized spacial score (nSPS) is 19.4. The molecule has 2 fully saturated rings. The van der Waals surface area contributed by atoms with Crippen LogP contribution in [0, 0.1) is 12.8 Å². The van der Waals surface area contributed by atoms with Crippen LogP contribution in [0.15, 0.2) is 35.3 Å². The van der Waals surface area contributed by atoms with Crippen LogP contribution in [0.1, 0.15) is 43.7 Å². The van der Waals surface area contributed by atoms with Crippen molar-refractivity contribution in [2.24, 2.45) is 5.92 Å². The third-order valence-corrected chi connectivity index (χ3v) is 7.36. The van der Waals surface area contributed by atoms with Crippen molar-refractivity contribution in [1.29, 1.82) is 0 Å². The first-order chi connectivity index (χ1) is 18.0. The fourth-order valence-electron chi connectivity index (χ4n) is 5.09. The van der Waals surface area contributed by atoms with Crippen LogP contribution in [0.25, 0.3) is 22.4 Å². The molecule has 0 radical (unpaired) electrons. The van der Waals surface area contributed by atoms with Gasteiger partial charge in [0.05, 0.1) is 24.2 Å². The van der Waals surface area contributed by atoms with Crippen LogP contribution in [0.3, 0.4) is 0 Å². The number of imidazole rings is 1. The summed E-state index contributed by atoms with van der Waals surface area (Å²) >= 11 is 0. The van der Waals surface area contributed by atoms with E-state index in [4.69, 9.17) is 19.2 Å². The monoisotopic (exact) mass is 508 g/mol. The number of nitrogens with zero attached hydrogens (tertiary/aromatic N) is 2. The number of carbonyl (C=O) groups is 1. The van der Waals surface area contributed by atoms with E-state index in [2.05, 4.69) is 33.1 Å². The largest absolute Gasteiger partial charge is 0.459 e. The van der Waals surface area contributed by atoms with Gasteiger partial charge in [-0.1, -0.05) is 13.0 Å². The highest BCUT2D eigenvalue weighted by molar-refractivity contribution is 5.81. The lowest BCUT2D eigenvalue weighted by molar-refractivity contribution is -0.151. The molecule has 9 heteroatoms. The number of H-pyrrole nitrogens is 1. The summed E-state index contributed by atoms with van der Waals surface area (Å²) in [6.07, 6.45) is 5.04. The van der Waals surface area contributed by atoms with Crippen molar-refractivity contribution in [3.63, 3.8) is 0 Å². The number of esters is 1. The van der Waals surface area contributed by atoms with Crippen LogP contribution in [-0.4, -0.2) is 59.1 Å². The Kier molecular flexibility index (Phi) is 8.02. The minimum Gasteiger partial charge on any atom is -0.459 e. The van der Waals surface area contributed by atoms with Gasteiger partial charge >= 0.3 is 5.97 Å². The molecule has 3 aromatic rings. The van der Waals surface area contributed by atoms with E-state index in [9.17, 15) is 9.59 Å². The second-order valence-electron chi connectivity index (χ2n) is 10.1. The van der Waals surface area contributed by atoms with Crippen molar-refractivity contribution in [2.75, 3.05) is 26.4 Å². The Balaban J connectivity index is 1.38. The maximum atomic E-state index is 12.6. The maximum Gasteiger partial charge on any atom is 0.323 e. The Hall–Kier alpha value is -3.01. The highest BCUT2D eigenvalue weighted by atomic mass is 16.6. The van der Waals surface area contributed by atoms with Crippen LogP contribution in [0.2, 0.25) is 0 Å². The van der Waals surface area contributed by atoms with Gasteiger partial charge in [0.25, 0.3) is 5.56 Å². The lowest BCUT2D eigenvalue weighted by Gasteiger charge is -2.23. The molecule has 2 saturated heterocycles. The predicted molar refractivity (Wildman–Crippen MR) is 140 cm³/mol. The van der Waals surface area contributed by atoms with Crippen molar-refractivity contribution in [3.05, 3.63) is 51.9 Å². The number of nitrogens with one attached hydrogen (secondary N) is 2. The standard InChI is InChI=1S/C28H36N4O5/c1-3-23(28(34)37-22-8-11-36-17-22)29-14-20-4-5-25-24(13-20)31-26(21-12-18(2)27(33)30-15-21)32(25)16-19-6-9-35-10-7-19/h4-5,12-13,15,19,22-23,29H,3,6-11,14,16-17H2,1-2H3,(H,30,33). The summed E-state index contributed by atoms with van der Waals surface area (Å²) in [5.74, 6) is 1.13. The van der Waals surface area contributed by atoms with E-state index in [-0.39, 0.29) is 23.7 Å². The molecular weight excluding hydrogens is 472 g/mol. The summed E-state index contributed by atoms with van der Waals surface area (Å²) < 4.78 is 18.8. The smallest absolute Gasteiger partial charge is 0.323 e. The van der Waals surface area contributed by atoms with E-state index < -0.39 is 0 Å². The number of aromatic nitrogens is 3. The Morgan fingerprint density at radius 1 is 1.22 bits per heavy atom. The van der Waals surface area contributed by atoms with E-state index in [1.807, 2.05) is 19.9 Å². The Labute approximate surface area is 216 Å². The number of ether oxygens (including phenoxy) is 3. The SMILES string of the molecule is CCC(NCc1ccc2c(c1)nc(-c1c[nH]c(=O)c(C)c1)n2CC1CCOCC1)C(=O)OC1CCOC1. The van der Waals surface area contributed by atoms with Crippen molar-refractivity contribution in [3.8, 4) is 11.4 Å². The zero-order valence-corrected chi connectivity index (χ0v) is 21.6. The third kappa shape index (κ3) is 5.95. The van der Waals surface area contributed by atoms with Crippen LogP contribution < -0.4 is 10.9 Å². The van der Waals surface area contributed by atoms with E-state index in [1.54, 1.807) is 6.20 Å². The number of hydrogen-bond donors (Lipinski definition) is 2. The fourth-order valence-corrected chi connectivity index (χ4v) is 5.09. The molecule has 4 heterocycles. The molecule has 0 spiro atoms. The minimum absolute atomic E-state index is 0.0892. The number of hydrogen-bond acceptors (Lipinski definition) is 7. The van der Waals surface area contributed by atoms with Crippen LogP contribution in [-0.2, 0) is 32.1 Å². The molecule has 2 aromatic heterocycles. The van der Waals surface area contributed by atoms with Gasteiger partial charge in [-0.2, -0.15) is 0 Å². The first-order valence-electron chi connectivity index (χ1n) is 13.3. The van der Waals surface area contributed by atoms with Crippen molar-refractivity contribution >= 4 is 17.0 Å². The van der Waals surface area contributed by atoms with Gasteiger partial charge in [-0.25, -0.2) is 4.98 Å². The van der Waals surface area contributed by atoms with Crippen molar-refractivity contribution in [1.82, 2.24) is 19.9 Å². The molecule has 0 amide bonds. The molecule has 0 aliphatic carbocycles. The number of rotatable bonds is 9. The molecule has 0 saturated carbocycles. The highest BCUT2D eigenvalue weighted by Crippen LogP contribution is 2.28. The number of aromatic amines is 1. The summed E-state index contributed by atoms with van der Waals surface area (Å²) in [6.45, 7) is 7.86. The average Bonchev–Trinajstić information content (AvgIpc) is 3.54. The molecule has 2 N–H and O–H groups in total. The minimum atomic E-state index is -0.373. The van der Waals surface area contributed by atoms with Crippen molar-refractivity contribution in [2.45, 2.75) is 64.8 Å². The summed E-state index contributed by atoms with van der Waals surface area (Å²) in [5.41, 5.74) is 4.46. The zero-order chi connectivity index (χ0) is 25.8. The summed E-state index contributed by atoms with van der Waals surface area (Å²) in [5, 5.41) is 3.35.